The van der Waals surface area contributed by atoms with Gasteiger partial charge in [-0.15, -0.1) is 0 Å². The summed E-state index contributed by atoms with van der Waals surface area (Å²) < 4.78 is 5.41. The van der Waals surface area contributed by atoms with E-state index in [1.807, 2.05) is 0 Å². The maximum absolute atomic E-state index is 11.3. The van der Waals surface area contributed by atoms with Crippen molar-refractivity contribution in [3.8, 4) is 0 Å². The second-order valence-corrected chi connectivity index (χ2v) is 4.18. The van der Waals surface area contributed by atoms with Crippen LogP contribution in [-0.2, 0) is 9.53 Å². The SMILES string of the molecule is C=C(C)C(=O)OC(CC)C1CCCC1. The van der Waals surface area contributed by atoms with Crippen LogP contribution < -0.4 is 0 Å². The first-order valence-electron chi connectivity index (χ1n) is 5.51. The van der Waals surface area contributed by atoms with Crippen LogP contribution in [0.4, 0.5) is 0 Å². The second kappa shape index (κ2) is 5.18. The van der Waals surface area contributed by atoms with Crippen LogP contribution in [-0.4, -0.2) is 12.1 Å². The van der Waals surface area contributed by atoms with Crippen molar-refractivity contribution in [3.05, 3.63) is 12.2 Å². The monoisotopic (exact) mass is 196 g/mol. The predicted octanol–water partition coefficient (Wildman–Crippen LogP) is 3.07. The van der Waals surface area contributed by atoms with Gasteiger partial charge in [0.2, 0.25) is 0 Å². The van der Waals surface area contributed by atoms with E-state index in [1.165, 1.54) is 25.7 Å². The first-order chi connectivity index (χ1) is 6.65. The lowest BCUT2D eigenvalue weighted by molar-refractivity contribution is -0.147. The van der Waals surface area contributed by atoms with E-state index >= 15 is 0 Å². The topological polar surface area (TPSA) is 26.3 Å². The number of carbonyl (C=O) groups excluding carboxylic acids is 1. The van der Waals surface area contributed by atoms with Gasteiger partial charge in [0.15, 0.2) is 0 Å². The Balaban J connectivity index is 2.45. The minimum Gasteiger partial charge on any atom is -0.459 e. The van der Waals surface area contributed by atoms with Crippen molar-refractivity contribution >= 4 is 5.97 Å². The normalized spacial score (nSPS) is 19.3. The maximum Gasteiger partial charge on any atom is 0.333 e. The van der Waals surface area contributed by atoms with E-state index < -0.39 is 0 Å². The molecule has 80 valence electrons. The molecule has 1 aliphatic carbocycles. The van der Waals surface area contributed by atoms with Gasteiger partial charge in [-0.25, -0.2) is 4.79 Å². The lowest BCUT2D eigenvalue weighted by atomic mass is 9.99. The molecule has 0 radical (unpaired) electrons. The summed E-state index contributed by atoms with van der Waals surface area (Å²) in [5.74, 6) is 0.354. The van der Waals surface area contributed by atoms with Gasteiger partial charge >= 0.3 is 5.97 Å². The van der Waals surface area contributed by atoms with E-state index in [9.17, 15) is 4.79 Å². The highest BCUT2D eigenvalue weighted by Crippen LogP contribution is 2.30. The van der Waals surface area contributed by atoms with Crippen LogP contribution in [0.5, 0.6) is 0 Å². The van der Waals surface area contributed by atoms with Crippen LogP contribution in [0.1, 0.15) is 46.0 Å². The molecule has 0 bridgehead atoms. The third kappa shape index (κ3) is 2.86. The van der Waals surface area contributed by atoms with E-state index in [0.717, 1.165) is 6.42 Å². The zero-order valence-corrected chi connectivity index (χ0v) is 9.21. The molecule has 0 N–H and O–H groups in total. The molecule has 1 saturated carbocycles. The molecule has 0 spiro atoms. The third-order valence-corrected chi connectivity index (χ3v) is 2.93. The van der Waals surface area contributed by atoms with E-state index in [4.69, 9.17) is 4.74 Å². The Kier molecular flexibility index (Phi) is 4.18. The van der Waals surface area contributed by atoms with Crippen LogP contribution in [0.3, 0.4) is 0 Å². The Morgan fingerprint density at radius 2 is 2.07 bits per heavy atom. The fourth-order valence-corrected chi connectivity index (χ4v) is 2.08. The largest absolute Gasteiger partial charge is 0.459 e. The van der Waals surface area contributed by atoms with Crippen molar-refractivity contribution < 1.29 is 9.53 Å². The Bertz CT molecular complexity index is 214. The first-order valence-corrected chi connectivity index (χ1v) is 5.51. The number of carbonyl (C=O) groups is 1. The minimum atomic E-state index is -0.233. The summed E-state index contributed by atoms with van der Waals surface area (Å²) in [4.78, 5) is 11.3. The molecular weight excluding hydrogens is 176 g/mol. The summed E-state index contributed by atoms with van der Waals surface area (Å²) in [6, 6.07) is 0. The molecule has 0 aromatic carbocycles. The maximum atomic E-state index is 11.3. The van der Waals surface area contributed by atoms with E-state index in [1.54, 1.807) is 6.92 Å². The fraction of sp³-hybridized carbons (Fsp3) is 0.750. The van der Waals surface area contributed by atoms with Gasteiger partial charge in [0.05, 0.1) is 0 Å². The van der Waals surface area contributed by atoms with Crippen molar-refractivity contribution in [2.45, 2.75) is 52.1 Å². The van der Waals surface area contributed by atoms with Gasteiger partial charge in [-0.3, -0.25) is 0 Å². The summed E-state index contributed by atoms with van der Waals surface area (Å²) in [5.41, 5.74) is 0.501. The van der Waals surface area contributed by atoms with Gasteiger partial charge in [-0.05, 0) is 32.1 Å². The average Bonchev–Trinajstić information content (AvgIpc) is 2.66. The third-order valence-electron chi connectivity index (χ3n) is 2.93. The van der Waals surface area contributed by atoms with Gasteiger partial charge < -0.3 is 4.74 Å². The summed E-state index contributed by atoms with van der Waals surface area (Å²) in [5, 5.41) is 0. The molecule has 0 heterocycles. The lowest BCUT2D eigenvalue weighted by Gasteiger charge is -2.22. The van der Waals surface area contributed by atoms with Crippen molar-refractivity contribution in [3.63, 3.8) is 0 Å². The summed E-state index contributed by atoms with van der Waals surface area (Å²) in [6.07, 6.45) is 6.02. The highest BCUT2D eigenvalue weighted by molar-refractivity contribution is 5.87. The zero-order valence-electron chi connectivity index (χ0n) is 9.21. The smallest absolute Gasteiger partial charge is 0.333 e. The lowest BCUT2D eigenvalue weighted by Crippen LogP contribution is -2.24. The molecule has 1 rings (SSSR count). The van der Waals surface area contributed by atoms with Crippen LogP contribution in [0.15, 0.2) is 12.2 Å². The Morgan fingerprint density at radius 3 is 2.50 bits per heavy atom. The molecule has 1 unspecified atom stereocenters. The number of ether oxygens (including phenoxy) is 1. The van der Waals surface area contributed by atoms with E-state index in [2.05, 4.69) is 13.5 Å². The van der Waals surface area contributed by atoms with Crippen molar-refractivity contribution in [2.75, 3.05) is 0 Å². The van der Waals surface area contributed by atoms with Gasteiger partial charge in [-0.2, -0.15) is 0 Å². The standard InChI is InChI=1S/C12H20O2/c1-4-11(10-7-5-6-8-10)14-12(13)9(2)3/h10-11H,2,4-8H2,1,3H3. The Hall–Kier alpha value is -0.790. The first kappa shape index (κ1) is 11.3. The molecule has 1 atom stereocenters. The number of hydrogen-bond acceptors (Lipinski definition) is 2. The summed E-state index contributed by atoms with van der Waals surface area (Å²) >= 11 is 0. The number of esters is 1. The molecule has 0 aromatic heterocycles. The van der Waals surface area contributed by atoms with E-state index in [0.29, 0.717) is 11.5 Å². The Morgan fingerprint density at radius 1 is 1.50 bits per heavy atom. The van der Waals surface area contributed by atoms with Gasteiger partial charge in [0.1, 0.15) is 6.10 Å². The van der Waals surface area contributed by atoms with Crippen molar-refractivity contribution in [1.29, 1.82) is 0 Å². The fourth-order valence-electron chi connectivity index (χ4n) is 2.08. The second-order valence-electron chi connectivity index (χ2n) is 4.18. The van der Waals surface area contributed by atoms with Gasteiger partial charge in [-0.1, -0.05) is 26.3 Å². The van der Waals surface area contributed by atoms with E-state index in [-0.39, 0.29) is 12.1 Å². The molecule has 0 saturated heterocycles. The summed E-state index contributed by atoms with van der Waals surface area (Å²) in [7, 11) is 0. The molecule has 0 amide bonds. The highest BCUT2D eigenvalue weighted by atomic mass is 16.5. The molecule has 2 heteroatoms. The molecule has 2 nitrogen and oxygen atoms in total. The van der Waals surface area contributed by atoms with Crippen LogP contribution >= 0.6 is 0 Å². The predicted molar refractivity (Wildman–Crippen MR) is 56.9 cm³/mol. The zero-order chi connectivity index (χ0) is 10.6. The molecule has 14 heavy (non-hydrogen) atoms. The molecule has 1 aliphatic rings. The molecular formula is C12H20O2. The highest BCUT2D eigenvalue weighted by Gasteiger charge is 2.26. The minimum absolute atomic E-state index is 0.113. The Labute approximate surface area is 86.3 Å². The van der Waals surface area contributed by atoms with Gasteiger partial charge in [0, 0.05) is 5.57 Å². The number of rotatable bonds is 4. The van der Waals surface area contributed by atoms with Crippen LogP contribution in [0.25, 0.3) is 0 Å². The van der Waals surface area contributed by atoms with Crippen LogP contribution in [0.2, 0.25) is 0 Å². The average molecular weight is 196 g/mol. The van der Waals surface area contributed by atoms with Crippen molar-refractivity contribution in [2.24, 2.45) is 5.92 Å². The van der Waals surface area contributed by atoms with Gasteiger partial charge in [0.25, 0.3) is 0 Å². The van der Waals surface area contributed by atoms with Crippen LogP contribution in [0, 0.1) is 5.92 Å². The van der Waals surface area contributed by atoms with Crippen molar-refractivity contribution in [1.82, 2.24) is 0 Å². The molecule has 0 aliphatic heterocycles. The molecule has 1 fully saturated rings. The molecule has 0 aromatic rings. The number of hydrogen-bond donors (Lipinski definition) is 0. The quantitative estimate of drug-likeness (QED) is 0.510. The summed E-state index contributed by atoms with van der Waals surface area (Å²) in [6.45, 7) is 7.37.